The lowest BCUT2D eigenvalue weighted by atomic mass is 9.90. The van der Waals surface area contributed by atoms with Crippen molar-refractivity contribution in [3.05, 3.63) is 75.8 Å². The van der Waals surface area contributed by atoms with E-state index >= 15 is 0 Å². The van der Waals surface area contributed by atoms with Gasteiger partial charge in [0, 0.05) is 23.4 Å². The maximum atomic E-state index is 12.9. The normalized spacial score (nSPS) is 15.6. The fraction of sp³-hybridized carbons (Fsp3) is 0.227. The molecule has 6 heteroatoms. The third-order valence-corrected chi connectivity index (χ3v) is 6.00. The molecule has 0 aliphatic carbocycles. The standard InChI is InChI=1S/C22H21N3O2S/c1-13-7-9-15(10-8-13)11-19-14(2)23-22(28-19)25-21(27)17-12-20(26)24-18-6-4-3-5-16(17)18/h3-10,17H,11-12H2,1-2H3,(H,24,26)(H,23,25,27). The van der Waals surface area contributed by atoms with E-state index in [-0.39, 0.29) is 18.2 Å². The van der Waals surface area contributed by atoms with Crippen LogP contribution in [0.25, 0.3) is 0 Å². The molecule has 5 nitrogen and oxygen atoms in total. The number of hydrogen-bond donors (Lipinski definition) is 2. The number of nitrogens with one attached hydrogen (secondary N) is 2. The number of nitrogens with zero attached hydrogens (tertiary/aromatic N) is 1. The van der Waals surface area contributed by atoms with Gasteiger partial charge in [0.15, 0.2) is 5.13 Å². The molecular formula is C22H21N3O2S. The topological polar surface area (TPSA) is 71.1 Å². The summed E-state index contributed by atoms with van der Waals surface area (Å²) in [6.45, 7) is 4.03. The third-order valence-electron chi connectivity index (χ3n) is 4.92. The number of aryl methyl sites for hydroxylation is 2. The van der Waals surface area contributed by atoms with Crippen LogP contribution in [0.5, 0.6) is 0 Å². The summed E-state index contributed by atoms with van der Waals surface area (Å²) in [5.74, 6) is -0.845. The van der Waals surface area contributed by atoms with E-state index in [1.807, 2.05) is 31.2 Å². The van der Waals surface area contributed by atoms with Gasteiger partial charge in [-0.2, -0.15) is 0 Å². The van der Waals surface area contributed by atoms with Gasteiger partial charge in [0.1, 0.15) is 0 Å². The lowest BCUT2D eigenvalue weighted by Crippen LogP contribution is -2.30. The predicted octanol–water partition coefficient (Wildman–Crippen LogP) is 4.42. The van der Waals surface area contributed by atoms with E-state index in [1.165, 1.54) is 22.5 Å². The number of carbonyl (C=O) groups excluding carboxylic acids is 2. The van der Waals surface area contributed by atoms with Crippen LogP contribution in [-0.4, -0.2) is 16.8 Å². The highest BCUT2D eigenvalue weighted by molar-refractivity contribution is 7.15. The Morgan fingerprint density at radius 1 is 1.18 bits per heavy atom. The first-order valence-electron chi connectivity index (χ1n) is 9.21. The van der Waals surface area contributed by atoms with Crippen molar-refractivity contribution >= 4 is 34.0 Å². The van der Waals surface area contributed by atoms with Crippen LogP contribution < -0.4 is 10.6 Å². The monoisotopic (exact) mass is 391 g/mol. The second kappa shape index (κ2) is 7.56. The van der Waals surface area contributed by atoms with Crippen molar-refractivity contribution in [3.8, 4) is 0 Å². The van der Waals surface area contributed by atoms with Gasteiger partial charge in [-0.3, -0.25) is 9.59 Å². The maximum Gasteiger partial charge on any atom is 0.234 e. The molecule has 0 fully saturated rings. The Kier molecular flexibility index (Phi) is 4.96. The first-order valence-corrected chi connectivity index (χ1v) is 10.0. The smallest absolute Gasteiger partial charge is 0.234 e. The molecule has 4 rings (SSSR count). The number of aromatic nitrogens is 1. The summed E-state index contributed by atoms with van der Waals surface area (Å²) in [7, 11) is 0. The van der Waals surface area contributed by atoms with Crippen LogP contribution in [0.1, 0.15) is 39.6 Å². The second-order valence-corrected chi connectivity index (χ2v) is 8.15. The van der Waals surface area contributed by atoms with Gasteiger partial charge < -0.3 is 10.6 Å². The Morgan fingerprint density at radius 2 is 1.93 bits per heavy atom. The highest BCUT2D eigenvalue weighted by atomic mass is 32.1. The number of carbonyl (C=O) groups is 2. The molecule has 2 amide bonds. The number of anilines is 2. The Labute approximate surface area is 167 Å². The first-order chi connectivity index (χ1) is 13.5. The number of rotatable bonds is 4. The van der Waals surface area contributed by atoms with Crippen LogP contribution in [-0.2, 0) is 16.0 Å². The van der Waals surface area contributed by atoms with Crippen molar-refractivity contribution in [1.29, 1.82) is 0 Å². The molecule has 0 bridgehead atoms. The van der Waals surface area contributed by atoms with E-state index < -0.39 is 5.92 Å². The van der Waals surface area contributed by atoms with Gasteiger partial charge in [0.05, 0.1) is 11.6 Å². The van der Waals surface area contributed by atoms with Gasteiger partial charge in [0.25, 0.3) is 0 Å². The molecule has 1 aliphatic heterocycles. The summed E-state index contributed by atoms with van der Waals surface area (Å²) in [5.41, 5.74) is 4.91. The van der Waals surface area contributed by atoms with Gasteiger partial charge in [0.2, 0.25) is 11.8 Å². The molecule has 1 aromatic heterocycles. The zero-order valence-electron chi connectivity index (χ0n) is 15.8. The van der Waals surface area contributed by atoms with E-state index in [1.54, 1.807) is 0 Å². The van der Waals surface area contributed by atoms with Crippen LogP contribution in [0.2, 0.25) is 0 Å². The molecule has 0 saturated carbocycles. The molecule has 1 unspecified atom stereocenters. The summed E-state index contributed by atoms with van der Waals surface area (Å²) in [5, 5.41) is 6.32. The minimum Gasteiger partial charge on any atom is -0.326 e. The molecule has 2 N–H and O–H groups in total. The molecular weight excluding hydrogens is 370 g/mol. The zero-order valence-corrected chi connectivity index (χ0v) is 16.6. The second-order valence-electron chi connectivity index (χ2n) is 7.07. The molecule has 2 aromatic carbocycles. The Bertz CT molecular complexity index is 1040. The number of thiazole rings is 1. The van der Waals surface area contributed by atoms with Crippen LogP contribution >= 0.6 is 11.3 Å². The van der Waals surface area contributed by atoms with Crippen molar-refractivity contribution in [3.63, 3.8) is 0 Å². The fourth-order valence-electron chi connectivity index (χ4n) is 3.37. The number of hydrogen-bond acceptors (Lipinski definition) is 4. The van der Waals surface area contributed by atoms with Crippen molar-refractivity contribution < 1.29 is 9.59 Å². The summed E-state index contributed by atoms with van der Waals surface area (Å²) in [6.07, 6.45) is 0.928. The van der Waals surface area contributed by atoms with Crippen LogP contribution in [0.4, 0.5) is 10.8 Å². The van der Waals surface area contributed by atoms with Gasteiger partial charge in [-0.15, -0.1) is 11.3 Å². The molecule has 1 aliphatic rings. The Morgan fingerprint density at radius 3 is 2.71 bits per heavy atom. The van der Waals surface area contributed by atoms with Crippen LogP contribution in [0.15, 0.2) is 48.5 Å². The Hall–Kier alpha value is -2.99. The van der Waals surface area contributed by atoms with Crippen LogP contribution in [0, 0.1) is 13.8 Å². The van der Waals surface area contributed by atoms with Crippen molar-refractivity contribution in [1.82, 2.24) is 4.98 Å². The van der Waals surface area contributed by atoms with E-state index in [0.717, 1.165) is 22.6 Å². The van der Waals surface area contributed by atoms with E-state index in [2.05, 4.69) is 46.8 Å². The minimum absolute atomic E-state index is 0.142. The predicted molar refractivity (Wildman–Crippen MR) is 112 cm³/mol. The first kappa shape index (κ1) is 18.4. The zero-order chi connectivity index (χ0) is 19.7. The summed E-state index contributed by atoms with van der Waals surface area (Å²) >= 11 is 1.49. The number of amides is 2. The lowest BCUT2D eigenvalue weighted by Gasteiger charge is -2.24. The molecule has 0 saturated heterocycles. The van der Waals surface area contributed by atoms with Crippen molar-refractivity contribution in [2.45, 2.75) is 32.6 Å². The maximum absolute atomic E-state index is 12.9. The van der Waals surface area contributed by atoms with Crippen molar-refractivity contribution in [2.75, 3.05) is 10.6 Å². The quantitative estimate of drug-likeness (QED) is 0.692. The summed E-state index contributed by atoms with van der Waals surface area (Å²) in [6, 6.07) is 15.9. The molecule has 3 aromatic rings. The van der Waals surface area contributed by atoms with Crippen molar-refractivity contribution in [2.24, 2.45) is 0 Å². The molecule has 1 atom stereocenters. The minimum atomic E-state index is -0.505. The van der Waals surface area contributed by atoms with Gasteiger partial charge >= 0.3 is 0 Å². The van der Waals surface area contributed by atoms with Crippen LogP contribution in [0.3, 0.4) is 0 Å². The summed E-state index contributed by atoms with van der Waals surface area (Å²) in [4.78, 5) is 30.5. The molecule has 0 radical (unpaired) electrons. The highest BCUT2D eigenvalue weighted by Crippen LogP contribution is 2.33. The molecule has 0 spiro atoms. The van der Waals surface area contributed by atoms with Gasteiger partial charge in [-0.25, -0.2) is 4.98 Å². The molecule has 142 valence electrons. The fourth-order valence-corrected chi connectivity index (χ4v) is 4.37. The third kappa shape index (κ3) is 3.82. The van der Waals surface area contributed by atoms with E-state index in [9.17, 15) is 9.59 Å². The summed E-state index contributed by atoms with van der Waals surface area (Å²) < 4.78 is 0. The lowest BCUT2D eigenvalue weighted by molar-refractivity contribution is -0.123. The van der Waals surface area contributed by atoms with E-state index in [4.69, 9.17) is 0 Å². The average Bonchev–Trinajstić information content (AvgIpc) is 3.01. The average molecular weight is 391 g/mol. The molecule has 2 heterocycles. The molecule has 28 heavy (non-hydrogen) atoms. The largest absolute Gasteiger partial charge is 0.326 e. The number of para-hydroxylation sites is 1. The number of fused-ring (bicyclic) bond motifs is 1. The van der Waals surface area contributed by atoms with Gasteiger partial charge in [-0.1, -0.05) is 48.0 Å². The Balaban J connectivity index is 1.51. The number of benzene rings is 2. The van der Waals surface area contributed by atoms with E-state index in [0.29, 0.717) is 10.8 Å². The van der Waals surface area contributed by atoms with Gasteiger partial charge in [-0.05, 0) is 31.0 Å². The highest BCUT2D eigenvalue weighted by Gasteiger charge is 2.31. The SMILES string of the molecule is Cc1ccc(Cc2sc(NC(=O)C3CC(=O)Nc4ccccc43)nc2C)cc1.